The molecule has 1 saturated heterocycles. The van der Waals surface area contributed by atoms with Gasteiger partial charge in [-0.25, -0.2) is 0 Å². The highest BCUT2D eigenvalue weighted by atomic mass is 35.5. The molecule has 6 rings (SSSR count). The zero-order valence-electron chi connectivity index (χ0n) is 24.0. The fourth-order valence-corrected chi connectivity index (χ4v) is 7.02. The molecule has 2 aromatic carbocycles. The van der Waals surface area contributed by atoms with Crippen LogP contribution in [0, 0.1) is 5.92 Å². The van der Waals surface area contributed by atoms with Crippen molar-refractivity contribution in [3.05, 3.63) is 76.3 Å². The molecular formula is C33H41ClN6S. The molecule has 3 aliphatic rings. The van der Waals surface area contributed by atoms with Crippen LogP contribution >= 0.6 is 23.8 Å². The second-order valence-electron chi connectivity index (χ2n) is 12.2. The van der Waals surface area contributed by atoms with E-state index in [1.165, 1.54) is 48.8 Å². The highest BCUT2D eigenvalue weighted by Gasteiger charge is 2.34. The molecule has 2 aliphatic heterocycles. The van der Waals surface area contributed by atoms with Crippen molar-refractivity contribution in [2.45, 2.75) is 70.3 Å². The summed E-state index contributed by atoms with van der Waals surface area (Å²) in [5.74, 6) is 3.26. The summed E-state index contributed by atoms with van der Waals surface area (Å²) in [6, 6.07) is 19.3. The smallest absolute Gasteiger partial charge is 0.232 e. The van der Waals surface area contributed by atoms with E-state index in [-0.39, 0.29) is 5.41 Å². The summed E-state index contributed by atoms with van der Waals surface area (Å²) in [6.45, 7) is 6.96. The topological polar surface area (TPSA) is 56.3 Å². The van der Waals surface area contributed by atoms with Gasteiger partial charge in [0.25, 0.3) is 0 Å². The monoisotopic (exact) mass is 588 g/mol. The molecule has 41 heavy (non-hydrogen) atoms. The fraction of sp³-hybridized carbons (Fsp3) is 0.485. The Morgan fingerprint density at radius 2 is 1.61 bits per heavy atom. The number of nitrogens with zero attached hydrogens (tertiary/aromatic N) is 4. The maximum atomic E-state index is 6.22. The minimum absolute atomic E-state index is 0.0497. The fourth-order valence-electron chi connectivity index (χ4n) is 6.73. The molecule has 0 bridgehead atoms. The third-order valence-electron chi connectivity index (χ3n) is 9.34. The van der Waals surface area contributed by atoms with E-state index in [9.17, 15) is 0 Å². The molecule has 2 N–H and O–H groups in total. The van der Waals surface area contributed by atoms with Crippen LogP contribution in [0.1, 0.15) is 68.6 Å². The number of hydrogen-bond donors (Lipinski definition) is 2. The minimum Gasteiger partial charge on any atom is -0.361 e. The molecule has 1 saturated carbocycles. The Kier molecular flexibility index (Phi) is 8.63. The lowest BCUT2D eigenvalue weighted by Crippen LogP contribution is -2.43. The second kappa shape index (κ2) is 12.5. The van der Waals surface area contributed by atoms with E-state index < -0.39 is 0 Å². The Labute approximate surface area is 254 Å². The highest BCUT2D eigenvalue weighted by molar-refractivity contribution is 7.80. The molecule has 0 unspecified atom stereocenters. The van der Waals surface area contributed by atoms with E-state index >= 15 is 0 Å². The zero-order chi connectivity index (χ0) is 28.2. The van der Waals surface area contributed by atoms with Crippen LogP contribution in [-0.4, -0.2) is 41.3 Å². The van der Waals surface area contributed by atoms with Crippen LogP contribution in [0.5, 0.6) is 0 Å². The molecule has 0 atom stereocenters. The summed E-state index contributed by atoms with van der Waals surface area (Å²) in [5, 5.41) is 8.27. The van der Waals surface area contributed by atoms with Crippen LogP contribution in [0.25, 0.3) is 0 Å². The lowest BCUT2D eigenvalue weighted by atomic mass is 9.69. The van der Waals surface area contributed by atoms with Gasteiger partial charge in [0.2, 0.25) is 5.95 Å². The SMILES string of the molecule is CC1CCN(c2cc(N3CCc4ccccc4C3)nc(NC(=S)NCC3(c4ccc(Cl)cc4)CCCCC3)n2)CC1. The Hall–Kier alpha value is -2.90. The molecule has 216 valence electrons. The highest BCUT2D eigenvalue weighted by Crippen LogP contribution is 2.39. The van der Waals surface area contributed by atoms with Crippen LogP contribution < -0.4 is 20.4 Å². The summed E-state index contributed by atoms with van der Waals surface area (Å²) in [4.78, 5) is 14.8. The number of hydrogen-bond acceptors (Lipinski definition) is 5. The minimum atomic E-state index is 0.0497. The third kappa shape index (κ3) is 6.62. The van der Waals surface area contributed by atoms with Crippen LogP contribution in [0.15, 0.2) is 54.6 Å². The van der Waals surface area contributed by atoms with Gasteiger partial charge in [0.1, 0.15) is 11.6 Å². The average molecular weight is 589 g/mol. The Morgan fingerprint density at radius 1 is 0.927 bits per heavy atom. The van der Waals surface area contributed by atoms with Crippen LogP contribution in [-0.2, 0) is 18.4 Å². The van der Waals surface area contributed by atoms with Gasteiger partial charge >= 0.3 is 0 Å². The molecular weight excluding hydrogens is 548 g/mol. The molecule has 1 aromatic heterocycles. The van der Waals surface area contributed by atoms with Gasteiger partial charge in [0.05, 0.1) is 0 Å². The molecule has 3 heterocycles. The van der Waals surface area contributed by atoms with Gasteiger partial charge in [-0.1, -0.05) is 74.2 Å². The second-order valence-corrected chi connectivity index (χ2v) is 13.0. The van der Waals surface area contributed by atoms with Gasteiger partial charge in [-0.05, 0) is 79.1 Å². The molecule has 3 aromatic rings. The number of halogens is 1. The number of rotatable bonds is 6. The predicted molar refractivity (Wildman–Crippen MR) is 174 cm³/mol. The normalized spacial score (nSPS) is 19.0. The Bertz CT molecular complexity index is 1350. The van der Waals surface area contributed by atoms with E-state index in [1.807, 2.05) is 12.1 Å². The first kappa shape index (κ1) is 28.2. The lowest BCUT2D eigenvalue weighted by Gasteiger charge is -2.38. The predicted octanol–water partition coefficient (Wildman–Crippen LogP) is 7.12. The summed E-state index contributed by atoms with van der Waals surface area (Å²) < 4.78 is 0. The maximum absolute atomic E-state index is 6.22. The lowest BCUT2D eigenvalue weighted by molar-refractivity contribution is 0.292. The van der Waals surface area contributed by atoms with Gasteiger partial charge in [-0.3, -0.25) is 0 Å². The Morgan fingerprint density at radius 3 is 2.34 bits per heavy atom. The number of nitrogens with one attached hydrogen (secondary N) is 2. The Balaban J connectivity index is 1.21. The van der Waals surface area contributed by atoms with E-state index in [2.05, 4.69) is 69.8 Å². The van der Waals surface area contributed by atoms with Gasteiger partial charge in [0, 0.05) is 49.2 Å². The average Bonchev–Trinajstić information content (AvgIpc) is 3.01. The zero-order valence-corrected chi connectivity index (χ0v) is 25.6. The number of thiocarbonyl (C=S) groups is 1. The summed E-state index contributed by atoms with van der Waals surface area (Å²) in [6.07, 6.45) is 9.43. The molecule has 2 fully saturated rings. The number of benzene rings is 2. The number of anilines is 3. The summed E-state index contributed by atoms with van der Waals surface area (Å²) in [5.41, 5.74) is 4.19. The number of aromatic nitrogens is 2. The standard InChI is InChI=1S/C33H41ClN6S/c1-24-13-18-39(19-14-24)29-21-30(40-20-15-25-7-3-4-8-26(25)22-40)37-31(36-29)38-32(41)35-23-33(16-5-2-6-17-33)27-9-11-28(34)12-10-27/h3-4,7-12,21,24H,2,5-6,13-20,22-23H2,1H3,(H2,35,36,37,38,41). The van der Waals surface area contributed by atoms with Crippen molar-refractivity contribution in [2.75, 3.05) is 41.3 Å². The van der Waals surface area contributed by atoms with Gasteiger partial charge in [-0.2, -0.15) is 9.97 Å². The number of fused-ring (bicyclic) bond motifs is 1. The van der Waals surface area contributed by atoms with Crippen molar-refractivity contribution in [3.63, 3.8) is 0 Å². The summed E-state index contributed by atoms with van der Waals surface area (Å²) >= 11 is 12.1. The molecule has 0 spiro atoms. The third-order valence-corrected chi connectivity index (χ3v) is 9.84. The molecule has 0 amide bonds. The van der Waals surface area contributed by atoms with E-state index in [0.29, 0.717) is 11.1 Å². The van der Waals surface area contributed by atoms with Gasteiger partial charge in [-0.15, -0.1) is 0 Å². The van der Waals surface area contributed by atoms with Crippen LogP contribution in [0.4, 0.5) is 17.6 Å². The van der Waals surface area contributed by atoms with E-state index in [1.54, 1.807) is 0 Å². The molecule has 6 nitrogen and oxygen atoms in total. The number of piperidine rings is 1. The van der Waals surface area contributed by atoms with Crippen molar-refractivity contribution >= 4 is 46.5 Å². The molecule has 0 radical (unpaired) electrons. The first-order valence-corrected chi connectivity index (χ1v) is 16.0. The van der Waals surface area contributed by atoms with Crippen LogP contribution in [0.3, 0.4) is 0 Å². The first-order valence-electron chi connectivity index (χ1n) is 15.2. The molecule has 1 aliphatic carbocycles. The van der Waals surface area contributed by atoms with E-state index in [0.717, 1.165) is 74.6 Å². The quantitative estimate of drug-likeness (QED) is 0.297. The van der Waals surface area contributed by atoms with Crippen molar-refractivity contribution in [1.82, 2.24) is 15.3 Å². The summed E-state index contributed by atoms with van der Waals surface area (Å²) in [7, 11) is 0. The van der Waals surface area contributed by atoms with Crippen molar-refractivity contribution in [2.24, 2.45) is 5.92 Å². The van der Waals surface area contributed by atoms with E-state index in [4.69, 9.17) is 33.8 Å². The largest absolute Gasteiger partial charge is 0.361 e. The van der Waals surface area contributed by atoms with Crippen molar-refractivity contribution in [3.8, 4) is 0 Å². The van der Waals surface area contributed by atoms with Crippen LogP contribution in [0.2, 0.25) is 5.02 Å². The maximum Gasteiger partial charge on any atom is 0.232 e. The molecule has 8 heteroatoms. The van der Waals surface area contributed by atoms with Gasteiger partial charge in [0.15, 0.2) is 5.11 Å². The first-order chi connectivity index (χ1) is 20.0. The van der Waals surface area contributed by atoms with Crippen molar-refractivity contribution in [1.29, 1.82) is 0 Å². The van der Waals surface area contributed by atoms with Gasteiger partial charge < -0.3 is 20.4 Å². The van der Waals surface area contributed by atoms with Crippen molar-refractivity contribution < 1.29 is 0 Å².